The van der Waals surface area contributed by atoms with Crippen LogP contribution in [0.25, 0.3) is 11.4 Å². The van der Waals surface area contributed by atoms with E-state index in [4.69, 9.17) is 0 Å². The quantitative estimate of drug-likeness (QED) is 0.807. The minimum Gasteiger partial charge on any atom is -0.322 e. The van der Waals surface area contributed by atoms with Crippen molar-refractivity contribution < 1.29 is 4.79 Å². The van der Waals surface area contributed by atoms with Crippen LogP contribution >= 0.6 is 0 Å². The standard InChI is InChI=1S/C18H18N4O/c1-12-5-4-6-16(13(12)2)18(23)20-15-9-7-14(8-10-15)17-19-11-22(3)21-17/h4-11H,1-3H3,(H,20,23). The van der Waals surface area contributed by atoms with Crippen molar-refractivity contribution in [3.63, 3.8) is 0 Å². The summed E-state index contributed by atoms with van der Waals surface area (Å²) < 4.78 is 1.66. The van der Waals surface area contributed by atoms with Crippen LogP contribution in [0.4, 0.5) is 5.69 Å². The van der Waals surface area contributed by atoms with E-state index in [1.54, 1.807) is 11.0 Å². The number of hydrogen-bond donors (Lipinski definition) is 1. The molecule has 0 radical (unpaired) electrons. The highest BCUT2D eigenvalue weighted by atomic mass is 16.1. The molecule has 116 valence electrons. The molecule has 0 saturated carbocycles. The van der Waals surface area contributed by atoms with Gasteiger partial charge in [-0.2, -0.15) is 5.10 Å². The molecule has 0 spiro atoms. The zero-order chi connectivity index (χ0) is 16.4. The Balaban J connectivity index is 1.78. The summed E-state index contributed by atoms with van der Waals surface area (Å²) in [4.78, 5) is 16.6. The van der Waals surface area contributed by atoms with Crippen LogP contribution in [-0.2, 0) is 7.05 Å². The normalized spacial score (nSPS) is 10.6. The molecule has 1 N–H and O–H groups in total. The van der Waals surface area contributed by atoms with Crippen molar-refractivity contribution >= 4 is 11.6 Å². The van der Waals surface area contributed by atoms with Gasteiger partial charge in [-0.25, -0.2) is 4.98 Å². The van der Waals surface area contributed by atoms with Crippen LogP contribution in [-0.4, -0.2) is 20.7 Å². The highest BCUT2D eigenvalue weighted by Crippen LogP contribution is 2.19. The molecule has 0 aliphatic rings. The summed E-state index contributed by atoms with van der Waals surface area (Å²) in [6.07, 6.45) is 1.66. The predicted molar refractivity (Wildman–Crippen MR) is 90.3 cm³/mol. The molecule has 0 aliphatic heterocycles. The molecule has 2 aromatic carbocycles. The number of rotatable bonds is 3. The topological polar surface area (TPSA) is 59.8 Å². The third-order valence-electron chi connectivity index (χ3n) is 3.85. The summed E-state index contributed by atoms with van der Waals surface area (Å²) in [6, 6.07) is 13.2. The lowest BCUT2D eigenvalue weighted by Crippen LogP contribution is -2.13. The maximum atomic E-state index is 12.4. The van der Waals surface area contributed by atoms with Crippen molar-refractivity contribution in [2.75, 3.05) is 5.32 Å². The molecule has 0 aliphatic carbocycles. The fourth-order valence-electron chi connectivity index (χ4n) is 2.37. The molecule has 0 fully saturated rings. The van der Waals surface area contributed by atoms with E-state index in [-0.39, 0.29) is 5.91 Å². The lowest BCUT2D eigenvalue weighted by Gasteiger charge is -2.09. The molecule has 0 saturated heterocycles. The maximum absolute atomic E-state index is 12.4. The predicted octanol–water partition coefficient (Wildman–Crippen LogP) is 3.35. The lowest BCUT2D eigenvalue weighted by atomic mass is 10.0. The van der Waals surface area contributed by atoms with Gasteiger partial charge in [-0.05, 0) is 55.3 Å². The summed E-state index contributed by atoms with van der Waals surface area (Å²) in [5.41, 5.74) is 4.46. The van der Waals surface area contributed by atoms with Gasteiger partial charge < -0.3 is 5.32 Å². The van der Waals surface area contributed by atoms with E-state index in [1.807, 2.05) is 63.4 Å². The molecule has 1 heterocycles. The molecule has 1 aromatic heterocycles. The van der Waals surface area contributed by atoms with Crippen molar-refractivity contribution in [2.45, 2.75) is 13.8 Å². The van der Waals surface area contributed by atoms with Crippen molar-refractivity contribution in [1.29, 1.82) is 0 Å². The lowest BCUT2D eigenvalue weighted by molar-refractivity contribution is 0.102. The van der Waals surface area contributed by atoms with Gasteiger partial charge in [0.05, 0.1) is 0 Å². The second kappa shape index (κ2) is 6.04. The van der Waals surface area contributed by atoms with Gasteiger partial charge in [-0.3, -0.25) is 9.48 Å². The third kappa shape index (κ3) is 3.13. The second-order valence-corrected chi connectivity index (χ2v) is 5.52. The van der Waals surface area contributed by atoms with Gasteiger partial charge >= 0.3 is 0 Å². The SMILES string of the molecule is Cc1cccc(C(=O)Nc2ccc(-c3ncn(C)n3)cc2)c1C. The zero-order valence-electron chi connectivity index (χ0n) is 13.4. The molecule has 5 heteroatoms. The first-order valence-electron chi connectivity index (χ1n) is 7.38. The van der Waals surface area contributed by atoms with E-state index in [0.717, 1.165) is 22.4 Å². The van der Waals surface area contributed by atoms with Crippen molar-refractivity contribution in [2.24, 2.45) is 7.05 Å². The van der Waals surface area contributed by atoms with Gasteiger partial charge in [-0.1, -0.05) is 12.1 Å². The molecular weight excluding hydrogens is 288 g/mol. The maximum Gasteiger partial charge on any atom is 0.255 e. The van der Waals surface area contributed by atoms with E-state index in [1.165, 1.54) is 0 Å². The second-order valence-electron chi connectivity index (χ2n) is 5.52. The number of aromatic nitrogens is 3. The summed E-state index contributed by atoms with van der Waals surface area (Å²) in [5.74, 6) is 0.565. The number of hydrogen-bond acceptors (Lipinski definition) is 3. The van der Waals surface area contributed by atoms with Crippen LogP contribution in [0.5, 0.6) is 0 Å². The molecule has 0 unspecified atom stereocenters. The Labute approximate surface area is 135 Å². The van der Waals surface area contributed by atoms with E-state index in [0.29, 0.717) is 11.4 Å². The smallest absolute Gasteiger partial charge is 0.255 e. The number of amides is 1. The van der Waals surface area contributed by atoms with E-state index >= 15 is 0 Å². The van der Waals surface area contributed by atoms with Crippen LogP contribution in [0.2, 0.25) is 0 Å². The van der Waals surface area contributed by atoms with Gasteiger partial charge in [0.2, 0.25) is 0 Å². The minimum absolute atomic E-state index is 0.102. The third-order valence-corrected chi connectivity index (χ3v) is 3.85. The molecular formula is C18H18N4O. The molecule has 1 amide bonds. The zero-order valence-corrected chi connectivity index (χ0v) is 13.4. The first-order valence-corrected chi connectivity index (χ1v) is 7.38. The Hall–Kier alpha value is -2.95. The monoisotopic (exact) mass is 306 g/mol. The number of nitrogens with one attached hydrogen (secondary N) is 1. The number of aryl methyl sites for hydroxylation is 2. The summed E-state index contributed by atoms with van der Waals surface area (Å²) >= 11 is 0. The Kier molecular flexibility index (Phi) is 3.93. The number of carbonyl (C=O) groups is 1. The molecule has 5 nitrogen and oxygen atoms in total. The Morgan fingerprint density at radius 3 is 2.48 bits per heavy atom. The fraction of sp³-hybridized carbons (Fsp3) is 0.167. The number of nitrogens with zero attached hydrogens (tertiary/aromatic N) is 3. The highest BCUT2D eigenvalue weighted by molar-refractivity contribution is 6.05. The first kappa shape index (κ1) is 15.0. The van der Waals surface area contributed by atoms with E-state index in [2.05, 4.69) is 15.4 Å². The van der Waals surface area contributed by atoms with E-state index < -0.39 is 0 Å². The molecule has 0 bridgehead atoms. The number of carbonyl (C=O) groups excluding carboxylic acids is 1. The average Bonchev–Trinajstić information content (AvgIpc) is 2.97. The number of benzene rings is 2. The molecule has 3 aromatic rings. The summed E-state index contributed by atoms with van der Waals surface area (Å²) in [5, 5.41) is 7.18. The van der Waals surface area contributed by atoms with Crippen LogP contribution in [0.1, 0.15) is 21.5 Å². The van der Waals surface area contributed by atoms with Crippen molar-refractivity contribution in [1.82, 2.24) is 14.8 Å². The highest BCUT2D eigenvalue weighted by Gasteiger charge is 2.10. The fourth-order valence-corrected chi connectivity index (χ4v) is 2.37. The molecule has 0 atom stereocenters. The molecule has 3 rings (SSSR count). The largest absolute Gasteiger partial charge is 0.322 e. The molecule has 23 heavy (non-hydrogen) atoms. The van der Waals surface area contributed by atoms with Gasteiger partial charge in [-0.15, -0.1) is 0 Å². The van der Waals surface area contributed by atoms with Crippen molar-refractivity contribution in [3.8, 4) is 11.4 Å². The Morgan fingerprint density at radius 2 is 1.83 bits per heavy atom. The summed E-state index contributed by atoms with van der Waals surface area (Å²) in [6.45, 7) is 3.96. The van der Waals surface area contributed by atoms with Gasteiger partial charge in [0.1, 0.15) is 6.33 Å². The minimum atomic E-state index is -0.102. The van der Waals surface area contributed by atoms with E-state index in [9.17, 15) is 4.79 Å². The van der Waals surface area contributed by atoms with Crippen LogP contribution in [0.3, 0.4) is 0 Å². The van der Waals surface area contributed by atoms with Crippen LogP contribution in [0.15, 0.2) is 48.8 Å². The van der Waals surface area contributed by atoms with Gasteiger partial charge in [0.25, 0.3) is 5.91 Å². The number of anilines is 1. The first-order chi connectivity index (χ1) is 11.0. The van der Waals surface area contributed by atoms with Crippen LogP contribution < -0.4 is 5.32 Å². The Morgan fingerprint density at radius 1 is 1.09 bits per heavy atom. The van der Waals surface area contributed by atoms with Crippen LogP contribution in [0, 0.1) is 13.8 Å². The Bertz CT molecular complexity index is 850. The van der Waals surface area contributed by atoms with Gasteiger partial charge in [0, 0.05) is 23.9 Å². The van der Waals surface area contributed by atoms with Gasteiger partial charge in [0.15, 0.2) is 5.82 Å². The summed E-state index contributed by atoms with van der Waals surface area (Å²) in [7, 11) is 1.83. The average molecular weight is 306 g/mol. The van der Waals surface area contributed by atoms with Crippen molar-refractivity contribution in [3.05, 3.63) is 65.5 Å².